The highest BCUT2D eigenvalue weighted by molar-refractivity contribution is 5.85. The van der Waals surface area contributed by atoms with Crippen molar-refractivity contribution in [3.05, 3.63) is 0 Å². The number of nitrogens with zero attached hydrogens (tertiary/aromatic N) is 1. The van der Waals surface area contributed by atoms with Crippen molar-refractivity contribution in [1.29, 1.82) is 0 Å². The number of likely N-dealkylation sites (tertiary alicyclic amines) is 1. The Bertz CT molecular complexity index is 361. The van der Waals surface area contributed by atoms with Gasteiger partial charge in [0.25, 0.3) is 0 Å². The summed E-state index contributed by atoms with van der Waals surface area (Å²) in [6.45, 7) is 1.62. The molecular weight excluding hydrogens is 304 g/mol. The molecule has 1 aliphatic carbocycles. The topological polar surface area (TPSA) is 73.5 Å². The molecule has 1 heterocycles. The molecule has 2 aliphatic rings. The van der Waals surface area contributed by atoms with E-state index in [-0.39, 0.29) is 36.9 Å². The fourth-order valence-electron chi connectivity index (χ4n) is 3.19. The predicted octanol–water partition coefficient (Wildman–Crippen LogP) is 1.25. The molecule has 1 atom stereocenters. The Morgan fingerprint density at radius 3 is 2.41 bits per heavy atom. The van der Waals surface area contributed by atoms with Gasteiger partial charge in [-0.25, -0.2) is 4.79 Å². The molecule has 22 heavy (non-hydrogen) atoms. The van der Waals surface area contributed by atoms with Crippen molar-refractivity contribution in [2.24, 2.45) is 0 Å². The minimum Gasteiger partial charge on any atom is -0.340 e. The number of carbonyl (C=O) groups is 2. The third-order valence-corrected chi connectivity index (χ3v) is 4.52. The molecule has 0 bridgehead atoms. The lowest BCUT2D eigenvalue weighted by Crippen LogP contribution is -2.51. The van der Waals surface area contributed by atoms with E-state index in [0.29, 0.717) is 6.04 Å². The van der Waals surface area contributed by atoms with Gasteiger partial charge in [-0.3, -0.25) is 4.79 Å². The van der Waals surface area contributed by atoms with Crippen molar-refractivity contribution in [2.75, 3.05) is 26.7 Å². The van der Waals surface area contributed by atoms with Gasteiger partial charge in [0.15, 0.2) is 0 Å². The van der Waals surface area contributed by atoms with Gasteiger partial charge >= 0.3 is 6.03 Å². The van der Waals surface area contributed by atoms with Crippen LogP contribution in [0.1, 0.15) is 44.9 Å². The monoisotopic (exact) mass is 332 g/mol. The zero-order chi connectivity index (χ0) is 15.1. The zero-order valence-corrected chi connectivity index (χ0v) is 14.2. The average Bonchev–Trinajstić information content (AvgIpc) is 2.53. The number of rotatable bonds is 4. The number of urea groups is 1. The Morgan fingerprint density at radius 2 is 1.73 bits per heavy atom. The summed E-state index contributed by atoms with van der Waals surface area (Å²) in [6, 6.07) is 0.439. The molecule has 6 nitrogen and oxygen atoms in total. The van der Waals surface area contributed by atoms with Crippen molar-refractivity contribution in [3.63, 3.8) is 0 Å². The molecule has 1 saturated carbocycles. The second-order valence-electron chi connectivity index (χ2n) is 6.13. The van der Waals surface area contributed by atoms with Crippen LogP contribution in [-0.2, 0) is 4.79 Å². The quantitative estimate of drug-likeness (QED) is 0.725. The maximum atomic E-state index is 12.1. The molecule has 0 aromatic carbocycles. The molecule has 0 aromatic rings. The fourth-order valence-corrected chi connectivity index (χ4v) is 3.19. The lowest BCUT2D eigenvalue weighted by molar-refractivity contribution is -0.131. The Hall–Kier alpha value is -1.01. The summed E-state index contributed by atoms with van der Waals surface area (Å²) in [6.07, 6.45) is 7.86. The van der Waals surface area contributed by atoms with E-state index in [1.54, 1.807) is 0 Å². The number of hydrogen-bond donors (Lipinski definition) is 3. The van der Waals surface area contributed by atoms with Crippen LogP contribution in [0.2, 0.25) is 0 Å². The summed E-state index contributed by atoms with van der Waals surface area (Å²) in [7, 11) is 1.93. The van der Waals surface area contributed by atoms with Crippen LogP contribution in [0.15, 0.2) is 0 Å². The van der Waals surface area contributed by atoms with Gasteiger partial charge in [-0.2, -0.15) is 0 Å². The molecule has 2 fully saturated rings. The maximum Gasteiger partial charge on any atom is 0.315 e. The van der Waals surface area contributed by atoms with Crippen molar-refractivity contribution in [3.8, 4) is 0 Å². The summed E-state index contributed by atoms with van der Waals surface area (Å²) >= 11 is 0. The normalized spacial score (nSPS) is 22.6. The van der Waals surface area contributed by atoms with Gasteiger partial charge in [0.05, 0.1) is 6.54 Å². The number of piperidine rings is 1. The first-order valence-corrected chi connectivity index (χ1v) is 8.18. The largest absolute Gasteiger partial charge is 0.340 e. The van der Waals surface area contributed by atoms with E-state index >= 15 is 0 Å². The molecule has 7 heteroatoms. The van der Waals surface area contributed by atoms with Crippen molar-refractivity contribution in [2.45, 2.75) is 57.0 Å². The third-order valence-electron chi connectivity index (χ3n) is 4.52. The molecule has 0 spiro atoms. The van der Waals surface area contributed by atoms with Crippen LogP contribution < -0.4 is 16.0 Å². The average molecular weight is 333 g/mol. The number of nitrogens with one attached hydrogen (secondary N) is 3. The van der Waals surface area contributed by atoms with E-state index in [9.17, 15) is 9.59 Å². The first kappa shape index (κ1) is 19.0. The maximum absolute atomic E-state index is 12.1. The number of amides is 3. The minimum atomic E-state index is -0.211. The van der Waals surface area contributed by atoms with Crippen LogP contribution in [0.5, 0.6) is 0 Å². The number of carbonyl (C=O) groups excluding carboxylic acids is 2. The van der Waals surface area contributed by atoms with Crippen LogP contribution in [-0.4, -0.2) is 55.6 Å². The zero-order valence-electron chi connectivity index (χ0n) is 13.4. The number of likely N-dealkylation sites (N-methyl/N-ethyl adjacent to an activating group) is 1. The molecule has 1 unspecified atom stereocenters. The Labute approximate surface area is 139 Å². The van der Waals surface area contributed by atoms with E-state index in [1.165, 1.54) is 19.3 Å². The summed E-state index contributed by atoms with van der Waals surface area (Å²) in [5.41, 5.74) is 0. The molecule has 3 amide bonds. The van der Waals surface area contributed by atoms with E-state index in [1.807, 2.05) is 11.9 Å². The van der Waals surface area contributed by atoms with Gasteiger partial charge in [0.1, 0.15) is 0 Å². The van der Waals surface area contributed by atoms with Gasteiger partial charge in [0, 0.05) is 25.2 Å². The standard InChI is InChI=1S/C15H28N4O2.ClH/c1-16-13-8-5-9-19(11-13)14(20)10-17-15(21)18-12-6-3-2-4-7-12;/h12-13,16H,2-11H2,1H3,(H2,17,18,21);1H. The smallest absolute Gasteiger partial charge is 0.315 e. The summed E-state index contributed by atoms with van der Waals surface area (Å²) in [5.74, 6) is 0.00810. The van der Waals surface area contributed by atoms with Crippen LogP contribution >= 0.6 is 12.4 Å². The molecule has 1 saturated heterocycles. The Morgan fingerprint density at radius 1 is 1.05 bits per heavy atom. The lowest BCUT2D eigenvalue weighted by Gasteiger charge is -2.32. The van der Waals surface area contributed by atoms with Crippen molar-refractivity contribution < 1.29 is 9.59 Å². The molecule has 1 aliphatic heterocycles. The van der Waals surface area contributed by atoms with Gasteiger partial charge < -0.3 is 20.9 Å². The SMILES string of the molecule is CNC1CCCN(C(=O)CNC(=O)NC2CCCCC2)C1.Cl. The van der Waals surface area contributed by atoms with Gasteiger partial charge in [-0.05, 0) is 32.7 Å². The van der Waals surface area contributed by atoms with E-state index in [0.717, 1.165) is 38.8 Å². The van der Waals surface area contributed by atoms with E-state index < -0.39 is 0 Å². The van der Waals surface area contributed by atoms with Crippen molar-refractivity contribution in [1.82, 2.24) is 20.9 Å². The molecule has 0 radical (unpaired) electrons. The van der Waals surface area contributed by atoms with Crippen LogP contribution in [0.3, 0.4) is 0 Å². The lowest BCUT2D eigenvalue weighted by atomic mass is 9.96. The van der Waals surface area contributed by atoms with Gasteiger partial charge in [0.2, 0.25) is 5.91 Å². The molecule has 2 rings (SSSR count). The summed E-state index contributed by atoms with van der Waals surface area (Å²) in [4.78, 5) is 25.8. The molecule has 128 valence electrons. The van der Waals surface area contributed by atoms with Crippen LogP contribution in [0, 0.1) is 0 Å². The Balaban J connectivity index is 0.00000242. The van der Waals surface area contributed by atoms with Crippen LogP contribution in [0.25, 0.3) is 0 Å². The fraction of sp³-hybridized carbons (Fsp3) is 0.867. The minimum absolute atomic E-state index is 0. The first-order valence-electron chi connectivity index (χ1n) is 8.18. The number of hydrogen-bond acceptors (Lipinski definition) is 3. The highest BCUT2D eigenvalue weighted by atomic mass is 35.5. The third kappa shape index (κ3) is 6.01. The summed E-state index contributed by atoms with van der Waals surface area (Å²) in [5, 5.41) is 8.88. The molecular formula is C15H29ClN4O2. The van der Waals surface area contributed by atoms with Crippen molar-refractivity contribution >= 4 is 24.3 Å². The molecule has 3 N–H and O–H groups in total. The Kier molecular flexibility index (Phi) is 8.56. The van der Waals surface area contributed by atoms with Gasteiger partial charge in [-0.1, -0.05) is 19.3 Å². The second-order valence-corrected chi connectivity index (χ2v) is 6.13. The van der Waals surface area contributed by atoms with Gasteiger partial charge in [-0.15, -0.1) is 12.4 Å². The van der Waals surface area contributed by atoms with E-state index in [2.05, 4.69) is 16.0 Å². The molecule has 0 aromatic heterocycles. The predicted molar refractivity (Wildman–Crippen MR) is 89.3 cm³/mol. The van der Waals surface area contributed by atoms with E-state index in [4.69, 9.17) is 0 Å². The summed E-state index contributed by atoms with van der Waals surface area (Å²) < 4.78 is 0. The van der Waals surface area contributed by atoms with Crippen LogP contribution in [0.4, 0.5) is 4.79 Å². The number of halogens is 1. The highest BCUT2D eigenvalue weighted by Gasteiger charge is 2.23. The highest BCUT2D eigenvalue weighted by Crippen LogP contribution is 2.17. The first-order chi connectivity index (χ1) is 10.2. The second kappa shape index (κ2) is 9.90.